The normalized spacial score (nSPS) is 34.2. The molecule has 0 spiro atoms. The maximum atomic E-state index is 13.2. The number of nitrogens with one attached hydrogen (secondary N) is 1. The number of benzene rings is 1. The van der Waals surface area contributed by atoms with Gasteiger partial charge in [0, 0.05) is 6.04 Å². The van der Waals surface area contributed by atoms with Gasteiger partial charge >= 0.3 is 0 Å². The second kappa shape index (κ2) is 6.38. The molecular weight excluding hydrogens is 367 g/mol. The third-order valence-corrected chi connectivity index (χ3v) is 6.91. The van der Waals surface area contributed by atoms with Crippen LogP contribution in [-0.2, 0) is 4.79 Å². The summed E-state index contributed by atoms with van der Waals surface area (Å²) in [6.45, 7) is 3.38. The molecule has 2 atom stereocenters. The van der Waals surface area contributed by atoms with Gasteiger partial charge in [0.1, 0.15) is 11.6 Å². The summed E-state index contributed by atoms with van der Waals surface area (Å²) in [5, 5.41) is 13.0. The molecule has 4 saturated carbocycles. The first-order valence-corrected chi connectivity index (χ1v) is 9.95. The molecule has 4 aliphatic rings. The Morgan fingerprint density at radius 3 is 2.59 bits per heavy atom. The molecule has 6 heteroatoms. The molecule has 1 amide bonds. The summed E-state index contributed by atoms with van der Waals surface area (Å²) >= 11 is 6.03. The number of nitrogens with zero attached hydrogens (tertiary/aromatic N) is 1. The first-order valence-electron chi connectivity index (χ1n) is 9.58. The van der Waals surface area contributed by atoms with Crippen LogP contribution in [0.15, 0.2) is 18.2 Å². The van der Waals surface area contributed by atoms with Crippen molar-refractivity contribution < 1.29 is 13.9 Å². The molecule has 2 unspecified atom stereocenters. The number of nitriles is 1. The zero-order valence-corrected chi connectivity index (χ0v) is 16.4. The average Bonchev–Trinajstić information content (AvgIpc) is 2.59. The maximum Gasteiger partial charge on any atom is 0.263 e. The summed E-state index contributed by atoms with van der Waals surface area (Å²) in [5.41, 5.74) is -1.31. The van der Waals surface area contributed by atoms with Gasteiger partial charge in [0.25, 0.3) is 5.91 Å². The lowest BCUT2D eigenvalue weighted by molar-refractivity contribution is -0.139. The average molecular weight is 391 g/mol. The zero-order valence-electron chi connectivity index (χ0n) is 15.6. The van der Waals surface area contributed by atoms with Gasteiger partial charge in [-0.3, -0.25) is 4.79 Å². The minimum Gasteiger partial charge on any atom is -0.476 e. The van der Waals surface area contributed by atoms with Crippen LogP contribution < -0.4 is 10.1 Å². The van der Waals surface area contributed by atoms with E-state index >= 15 is 0 Å². The Morgan fingerprint density at radius 1 is 1.33 bits per heavy atom. The molecule has 4 bridgehead atoms. The minimum atomic E-state index is -1.14. The highest BCUT2D eigenvalue weighted by atomic mass is 35.5. The highest BCUT2D eigenvalue weighted by Crippen LogP contribution is 2.59. The third kappa shape index (κ3) is 3.29. The molecule has 0 saturated heterocycles. The lowest BCUT2D eigenvalue weighted by Gasteiger charge is -2.57. The van der Waals surface area contributed by atoms with Gasteiger partial charge in [-0.05, 0) is 81.9 Å². The van der Waals surface area contributed by atoms with E-state index in [1.165, 1.54) is 18.2 Å². The SMILES string of the molecule is CC(C)(Oc1ccc(F)cc1Cl)C(=O)NC1C2CC3CC1CC(C#N)(C3)C2. The van der Waals surface area contributed by atoms with E-state index in [1.54, 1.807) is 13.8 Å². The number of carbonyl (C=O) groups is 1. The predicted molar refractivity (Wildman–Crippen MR) is 99.6 cm³/mol. The summed E-state index contributed by atoms with van der Waals surface area (Å²) in [5.74, 6) is 0.987. The number of carbonyl (C=O) groups excluding carboxylic acids is 1. The lowest BCUT2D eigenvalue weighted by atomic mass is 9.48. The maximum absolute atomic E-state index is 13.2. The number of ether oxygens (including phenoxy) is 1. The Balaban J connectivity index is 1.46. The Hall–Kier alpha value is -1.80. The number of halogens is 2. The summed E-state index contributed by atoms with van der Waals surface area (Å²) in [6, 6.07) is 6.54. The van der Waals surface area contributed by atoms with E-state index in [4.69, 9.17) is 16.3 Å². The van der Waals surface area contributed by atoms with Crippen molar-refractivity contribution in [1.29, 1.82) is 5.26 Å². The Labute approximate surface area is 164 Å². The third-order valence-electron chi connectivity index (χ3n) is 6.61. The van der Waals surface area contributed by atoms with E-state index in [9.17, 15) is 14.4 Å². The van der Waals surface area contributed by atoms with Gasteiger partial charge in [-0.2, -0.15) is 5.26 Å². The van der Waals surface area contributed by atoms with Crippen molar-refractivity contribution in [3.63, 3.8) is 0 Å². The van der Waals surface area contributed by atoms with Crippen molar-refractivity contribution in [3.8, 4) is 11.8 Å². The summed E-state index contributed by atoms with van der Waals surface area (Å²) < 4.78 is 19.1. The van der Waals surface area contributed by atoms with E-state index in [2.05, 4.69) is 11.4 Å². The lowest BCUT2D eigenvalue weighted by Crippen LogP contribution is -2.61. The van der Waals surface area contributed by atoms with Crippen molar-refractivity contribution in [1.82, 2.24) is 5.32 Å². The molecule has 0 heterocycles. The van der Waals surface area contributed by atoms with Crippen molar-refractivity contribution in [2.45, 2.75) is 57.6 Å². The monoisotopic (exact) mass is 390 g/mol. The van der Waals surface area contributed by atoms with Crippen LogP contribution in [0, 0.1) is 40.3 Å². The van der Waals surface area contributed by atoms with Gasteiger partial charge in [0.2, 0.25) is 0 Å². The molecule has 1 aromatic carbocycles. The first-order chi connectivity index (χ1) is 12.7. The smallest absolute Gasteiger partial charge is 0.263 e. The molecule has 4 nitrogen and oxygen atoms in total. The van der Waals surface area contributed by atoms with Gasteiger partial charge < -0.3 is 10.1 Å². The van der Waals surface area contributed by atoms with Crippen LogP contribution in [-0.4, -0.2) is 17.6 Å². The number of amides is 1. The molecule has 27 heavy (non-hydrogen) atoms. The van der Waals surface area contributed by atoms with Gasteiger partial charge in [-0.15, -0.1) is 0 Å². The highest BCUT2D eigenvalue weighted by Gasteiger charge is 2.56. The van der Waals surface area contributed by atoms with Crippen LogP contribution in [0.3, 0.4) is 0 Å². The van der Waals surface area contributed by atoms with Crippen molar-refractivity contribution in [3.05, 3.63) is 29.0 Å². The van der Waals surface area contributed by atoms with Crippen LogP contribution in [0.25, 0.3) is 0 Å². The van der Waals surface area contributed by atoms with Gasteiger partial charge in [-0.1, -0.05) is 11.6 Å². The molecule has 4 aliphatic carbocycles. The minimum absolute atomic E-state index is 0.0992. The molecule has 1 N–H and O–H groups in total. The fraction of sp³-hybridized carbons (Fsp3) is 0.619. The fourth-order valence-electron chi connectivity index (χ4n) is 5.60. The largest absolute Gasteiger partial charge is 0.476 e. The topological polar surface area (TPSA) is 62.1 Å². The zero-order chi connectivity index (χ0) is 19.4. The van der Waals surface area contributed by atoms with Gasteiger partial charge in [-0.25, -0.2) is 4.39 Å². The highest BCUT2D eigenvalue weighted by molar-refractivity contribution is 6.32. The van der Waals surface area contributed by atoms with E-state index in [-0.39, 0.29) is 28.1 Å². The molecule has 0 radical (unpaired) electrons. The van der Waals surface area contributed by atoms with Crippen molar-refractivity contribution >= 4 is 17.5 Å². The molecule has 144 valence electrons. The molecule has 1 aromatic rings. The van der Waals surface area contributed by atoms with E-state index < -0.39 is 11.4 Å². The molecule has 0 aromatic heterocycles. The van der Waals surface area contributed by atoms with E-state index in [0.29, 0.717) is 17.8 Å². The molecular formula is C21H24ClFN2O2. The molecule has 4 fully saturated rings. The standard InChI is InChI=1S/C21H24ClFN2O2/c1-20(2,27-17-4-3-15(23)7-16(17)22)19(26)25-18-13-5-12-6-14(18)10-21(8-12,9-13)11-24/h3-4,7,12-14,18H,5-6,8-10H2,1-2H3,(H,25,26). The van der Waals surface area contributed by atoms with Crippen LogP contribution in [0.4, 0.5) is 4.39 Å². The first kappa shape index (κ1) is 18.6. The van der Waals surface area contributed by atoms with Crippen LogP contribution in [0.5, 0.6) is 5.75 Å². The van der Waals surface area contributed by atoms with E-state index in [0.717, 1.165) is 32.1 Å². The second-order valence-electron chi connectivity index (χ2n) is 9.05. The van der Waals surface area contributed by atoms with Crippen LogP contribution in [0.1, 0.15) is 46.0 Å². The van der Waals surface area contributed by atoms with Crippen LogP contribution >= 0.6 is 11.6 Å². The summed E-state index contributed by atoms with van der Waals surface area (Å²) in [7, 11) is 0. The second-order valence-corrected chi connectivity index (χ2v) is 9.46. The number of rotatable bonds is 4. The molecule has 0 aliphatic heterocycles. The summed E-state index contributed by atoms with van der Waals surface area (Å²) in [4.78, 5) is 13.0. The van der Waals surface area contributed by atoms with Crippen molar-refractivity contribution in [2.75, 3.05) is 0 Å². The predicted octanol–water partition coefficient (Wildman–Crippen LogP) is 4.47. The molecule has 5 rings (SSSR count). The Bertz CT molecular complexity index is 803. The van der Waals surface area contributed by atoms with Crippen LogP contribution in [0.2, 0.25) is 5.02 Å². The Morgan fingerprint density at radius 2 is 2.00 bits per heavy atom. The van der Waals surface area contributed by atoms with Gasteiger partial charge in [0.05, 0.1) is 16.5 Å². The van der Waals surface area contributed by atoms with Crippen molar-refractivity contribution in [2.24, 2.45) is 23.2 Å². The number of hydrogen-bond acceptors (Lipinski definition) is 3. The quantitative estimate of drug-likeness (QED) is 0.824. The van der Waals surface area contributed by atoms with Gasteiger partial charge in [0.15, 0.2) is 5.60 Å². The summed E-state index contributed by atoms with van der Waals surface area (Å²) in [6.07, 6.45) is 4.97. The fourth-order valence-corrected chi connectivity index (χ4v) is 5.81. The van der Waals surface area contributed by atoms with E-state index in [1.807, 2.05) is 0 Å². The Kier molecular flexibility index (Phi) is 4.38. The number of hydrogen-bond donors (Lipinski definition) is 1.